The van der Waals surface area contributed by atoms with Crippen molar-refractivity contribution in [2.45, 2.75) is 44.1 Å². The van der Waals surface area contributed by atoms with Crippen LogP contribution in [0.25, 0.3) is 0 Å². The molecule has 29 heavy (non-hydrogen) atoms. The van der Waals surface area contributed by atoms with Gasteiger partial charge >= 0.3 is 6.18 Å². The van der Waals surface area contributed by atoms with Crippen molar-refractivity contribution in [1.82, 2.24) is 5.32 Å². The van der Waals surface area contributed by atoms with Gasteiger partial charge in [-0.25, -0.2) is 4.39 Å². The first kappa shape index (κ1) is 24.1. The van der Waals surface area contributed by atoms with E-state index in [-0.39, 0.29) is 17.9 Å². The summed E-state index contributed by atoms with van der Waals surface area (Å²) in [4.78, 5) is 0. The first-order valence-electron chi connectivity index (χ1n) is 8.60. The van der Waals surface area contributed by atoms with Crippen molar-refractivity contribution in [3.8, 4) is 5.75 Å². The number of benzene rings is 2. The molecule has 1 atom stereocenters. The second kappa shape index (κ2) is 8.91. The fraction of sp³-hybridized carbons (Fsp3) is 0.400. The number of ether oxygens (including phenoxy) is 1. The van der Waals surface area contributed by atoms with Crippen molar-refractivity contribution in [3.63, 3.8) is 0 Å². The highest BCUT2D eigenvalue weighted by molar-refractivity contribution is 9.11. The van der Waals surface area contributed by atoms with Gasteiger partial charge in [0, 0.05) is 27.5 Å². The first-order chi connectivity index (χ1) is 13.3. The Balaban J connectivity index is 2.35. The maximum absolute atomic E-state index is 13.8. The van der Waals surface area contributed by atoms with Gasteiger partial charge in [0.15, 0.2) is 0 Å². The van der Waals surface area contributed by atoms with Crippen LogP contribution >= 0.6 is 31.9 Å². The van der Waals surface area contributed by atoms with E-state index in [2.05, 4.69) is 37.2 Å². The minimum atomic E-state index is -4.96. The van der Waals surface area contributed by atoms with Gasteiger partial charge in [-0.3, -0.25) is 5.32 Å². The van der Waals surface area contributed by atoms with E-state index in [1.54, 1.807) is 18.2 Å². The van der Waals surface area contributed by atoms with Crippen LogP contribution in [0.3, 0.4) is 0 Å². The average Bonchev–Trinajstić information content (AvgIpc) is 2.58. The van der Waals surface area contributed by atoms with E-state index < -0.39 is 29.6 Å². The lowest BCUT2D eigenvalue weighted by Crippen LogP contribution is -2.59. The van der Waals surface area contributed by atoms with Crippen LogP contribution in [-0.2, 0) is 12.0 Å². The molecule has 0 saturated heterocycles. The van der Waals surface area contributed by atoms with E-state index in [1.165, 1.54) is 27.0 Å². The fourth-order valence-electron chi connectivity index (χ4n) is 3.17. The van der Waals surface area contributed by atoms with Gasteiger partial charge in [-0.15, -0.1) is 0 Å². The minimum Gasteiger partial charge on any atom is -0.496 e. The van der Waals surface area contributed by atoms with Crippen LogP contribution in [0.4, 0.5) is 17.6 Å². The van der Waals surface area contributed by atoms with Gasteiger partial charge in [0.1, 0.15) is 11.6 Å². The summed E-state index contributed by atoms with van der Waals surface area (Å²) in [7, 11) is 1.35. The number of hydrogen-bond donors (Lipinski definition) is 2. The van der Waals surface area contributed by atoms with E-state index in [1.807, 2.05) is 0 Å². The lowest BCUT2D eigenvalue weighted by molar-refractivity contribution is -0.280. The normalized spacial score (nSPS) is 14.6. The van der Waals surface area contributed by atoms with Crippen LogP contribution in [0.5, 0.6) is 5.75 Å². The van der Waals surface area contributed by atoms with Crippen molar-refractivity contribution in [3.05, 3.63) is 62.3 Å². The van der Waals surface area contributed by atoms with Gasteiger partial charge in [0.25, 0.3) is 0 Å². The maximum Gasteiger partial charge on any atom is 0.431 e. The molecule has 9 heteroatoms. The Labute approximate surface area is 183 Å². The number of aliphatic hydroxyl groups is 1. The predicted octanol–water partition coefficient (Wildman–Crippen LogP) is 6.07. The molecule has 0 aliphatic heterocycles. The molecule has 0 fully saturated rings. The minimum absolute atomic E-state index is 0.231. The summed E-state index contributed by atoms with van der Waals surface area (Å²) in [6.45, 7) is 2.77. The summed E-state index contributed by atoms with van der Waals surface area (Å²) in [5.41, 5.74) is -3.70. The lowest BCUT2D eigenvalue weighted by atomic mass is 9.77. The summed E-state index contributed by atoms with van der Waals surface area (Å²) in [5.74, 6) is -0.354. The molecule has 0 heterocycles. The van der Waals surface area contributed by atoms with E-state index >= 15 is 0 Å². The Morgan fingerprint density at radius 1 is 1.03 bits per heavy atom. The van der Waals surface area contributed by atoms with Gasteiger partial charge in [0.05, 0.1) is 7.11 Å². The highest BCUT2D eigenvalue weighted by atomic mass is 79.9. The largest absolute Gasteiger partial charge is 0.496 e. The Hall–Kier alpha value is -1.16. The summed E-state index contributed by atoms with van der Waals surface area (Å²) in [5, 5.41) is 12.8. The van der Waals surface area contributed by atoms with Crippen molar-refractivity contribution in [2.24, 2.45) is 0 Å². The van der Waals surface area contributed by atoms with Crippen LogP contribution in [-0.4, -0.2) is 24.1 Å². The summed E-state index contributed by atoms with van der Waals surface area (Å²) in [6.07, 6.45) is -5.72. The third-order valence-electron chi connectivity index (χ3n) is 4.56. The zero-order chi connectivity index (χ0) is 22.0. The fourth-order valence-corrected chi connectivity index (χ4v) is 4.56. The van der Waals surface area contributed by atoms with E-state index in [0.29, 0.717) is 14.5 Å². The molecular weight excluding hydrogens is 522 g/mol. The topological polar surface area (TPSA) is 41.5 Å². The molecule has 0 aliphatic rings. The Morgan fingerprint density at radius 3 is 2.14 bits per heavy atom. The molecule has 0 radical (unpaired) electrons. The molecule has 2 aromatic carbocycles. The van der Waals surface area contributed by atoms with Crippen LogP contribution < -0.4 is 10.1 Å². The lowest BCUT2D eigenvalue weighted by Gasteiger charge is -2.39. The van der Waals surface area contributed by atoms with Gasteiger partial charge in [0.2, 0.25) is 5.72 Å². The van der Waals surface area contributed by atoms with Crippen LogP contribution in [0.15, 0.2) is 45.3 Å². The number of methoxy groups -OCH3 is 1. The monoisotopic (exact) mass is 541 g/mol. The second-order valence-corrected chi connectivity index (χ2v) is 9.23. The first-order valence-corrected chi connectivity index (χ1v) is 10.2. The number of alkyl halides is 3. The SMILES string of the molecule is COc1ccc(F)cc1C(C)(C)CC(O)(NCc1cc(Br)cc(Br)c1)C(F)(F)F. The molecule has 0 aromatic heterocycles. The highest BCUT2D eigenvalue weighted by Crippen LogP contribution is 2.42. The summed E-state index contributed by atoms with van der Waals surface area (Å²) in [6, 6.07) is 8.69. The molecule has 3 nitrogen and oxygen atoms in total. The third-order valence-corrected chi connectivity index (χ3v) is 5.48. The van der Waals surface area contributed by atoms with Gasteiger partial charge < -0.3 is 9.84 Å². The second-order valence-electron chi connectivity index (χ2n) is 7.39. The Kier molecular flexibility index (Phi) is 7.41. The smallest absolute Gasteiger partial charge is 0.431 e. The number of halogens is 6. The molecule has 0 spiro atoms. The molecule has 2 N–H and O–H groups in total. The summed E-state index contributed by atoms with van der Waals surface area (Å²) >= 11 is 6.57. The van der Waals surface area contributed by atoms with Gasteiger partial charge in [-0.2, -0.15) is 13.2 Å². The standard InChI is InChI=1S/C20H21Br2F4NO2/c1-18(2,16-9-15(23)4-5-17(16)29-3)11-19(28,20(24,25)26)27-10-12-6-13(21)8-14(22)7-12/h4-9,27-28H,10-11H2,1-3H3. The molecule has 1 unspecified atom stereocenters. The molecule has 0 saturated carbocycles. The van der Waals surface area contributed by atoms with E-state index in [9.17, 15) is 22.7 Å². The molecule has 0 amide bonds. The average molecular weight is 543 g/mol. The molecule has 0 bridgehead atoms. The van der Waals surface area contributed by atoms with E-state index in [4.69, 9.17) is 4.74 Å². The zero-order valence-electron chi connectivity index (χ0n) is 16.0. The number of rotatable bonds is 7. The van der Waals surface area contributed by atoms with Crippen LogP contribution in [0.2, 0.25) is 0 Å². The van der Waals surface area contributed by atoms with Crippen molar-refractivity contribution >= 4 is 31.9 Å². The van der Waals surface area contributed by atoms with Crippen molar-refractivity contribution in [2.75, 3.05) is 7.11 Å². The maximum atomic E-state index is 13.8. The Morgan fingerprint density at radius 2 is 1.62 bits per heavy atom. The van der Waals surface area contributed by atoms with Gasteiger partial charge in [-0.05, 0) is 47.4 Å². The highest BCUT2D eigenvalue weighted by Gasteiger charge is 2.56. The van der Waals surface area contributed by atoms with Crippen molar-refractivity contribution in [1.29, 1.82) is 0 Å². The van der Waals surface area contributed by atoms with Gasteiger partial charge in [-0.1, -0.05) is 45.7 Å². The van der Waals surface area contributed by atoms with Crippen LogP contribution in [0, 0.1) is 5.82 Å². The number of nitrogens with one attached hydrogen (secondary N) is 1. The Bertz CT molecular complexity index is 854. The molecule has 0 aliphatic carbocycles. The summed E-state index contributed by atoms with van der Waals surface area (Å²) < 4.78 is 61.8. The third kappa shape index (κ3) is 5.93. The molecule has 2 rings (SSSR count). The molecule has 160 valence electrons. The van der Waals surface area contributed by atoms with E-state index in [0.717, 1.165) is 12.1 Å². The predicted molar refractivity (Wildman–Crippen MR) is 110 cm³/mol. The van der Waals surface area contributed by atoms with Crippen LogP contribution in [0.1, 0.15) is 31.4 Å². The quantitative estimate of drug-likeness (QED) is 0.330. The molecular formula is C20H21Br2F4NO2. The van der Waals surface area contributed by atoms with Crippen molar-refractivity contribution < 1.29 is 27.4 Å². The number of hydrogen-bond acceptors (Lipinski definition) is 3. The molecule has 2 aromatic rings. The zero-order valence-corrected chi connectivity index (χ0v) is 19.2.